The third-order valence-electron chi connectivity index (χ3n) is 1.88. The van der Waals surface area contributed by atoms with Crippen LogP contribution in [0, 0.1) is 6.92 Å². The van der Waals surface area contributed by atoms with Crippen LogP contribution in [0.15, 0.2) is 22.9 Å². The van der Waals surface area contributed by atoms with Crippen molar-refractivity contribution < 1.29 is 0 Å². The molecule has 0 saturated carbocycles. The van der Waals surface area contributed by atoms with Crippen LogP contribution in [0.1, 0.15) is 10.4 Å². The van der Waals surface area contributed by atoms with Crippen molar-refractivity contribution in [3.8, 4) is 0 Å². The molecule has 15 heavy (non-hydrogen) atoms. The maximum Gasteiger partial charge on any atom is 0.129 e. The number of pyridine rings is 1. The van der Waals surface area contributed by atoms with E-state index >= 15 is 0 Å². The number of halogens is 1. The summed E-state index contributed by atoms with van der Waals surface area (Å²) in [4.78, 5) is 5.38. The summed E-state index contributed by atoms with van der Waals surface area (Å²) in [6, 6.07) is 2.03. The molecule has 6 heteroatoms. The maximum atomic E-state index is 4.28. The highest BCUT2D eigenvalue weighted by Gasteiger charge is 2.01. The lowest BCUT2D eigenvalue weighted by Gasteiger charge is -2.06. The molecule has 1 N–H and O–H groups in total. The highest BCUT2D eigenvalue weighted by atomic mass is 79.9. The number of nitrogens with zero attached hydrogens (tertiary/aromatic N) is 3. The number of anilines is 1. The zero-order valence-corrected chi connectivity index (χ0v) is 10.5. The van der Waals surface area contributed by atoms with Crippen molar-refractivity contribution in [1.82, 2.24) is 14.6 Å². The topological polar surface area (TPSA) is 50.7 Å². The Morgan fingerprint density at radius 3 is 3.00 bits per heavy atom. The van der Waals surface area contributed by atoms with Crippen LogP contribution in [-0.4, -0.2) is 14.6 Å². The van der Waals surface area contributed by atoms with Crippen LogP contribution in [0.4, 0.5) is 5.82 Å². The first-order valence-electron chi connectivity index (χ1n) is 4.38. The third kappa shape index (κ3) is 2.73. The average Bonchev–Trinajstić information content (AvgIpc) is 2.69. The molecular weight excluding hydrogens is 276 g/mol. The van der Waals surface area contributed by atoms with Crippen LogP contribution in [0.3, 0.4) is 0 Å². The van der Waals surface area contributed by atoms with Gasteiger partial charge in [-0.25, -0.2) is 4.98 Å². The van der Waals surface area contributed by atoms with Crippen molar-refractivity contribution in [3.05, 3.63) is 33.4 Å². The lowest BCUT2D eigenvalue weighted by molar-refractivity contribution is 1.09. The monoisotopic (exact) mass is 284 g/mol. The van der Waals surface area contributed by atoms with Crippen LogP contribution in [0.5, 0.6) is 0 Å². The largest absolute Gasteiger partial charge is 0.365 e. The van der Waals surface area contributed by atoms with Gasteiger partial charge < -0.3 is 5.32 Å². The summed E-state index contributed by atoms with van der Waals surface area (Å²) in [6.07, 6.45) is 3.53. The molecule has 0 radical (unpaired) electrons. The molecule has 0 bridgehead atoms. The summed E-state index contributed by atoms with van der Waals surface area (Å²) in [5, 5.41) is 7.01. The van der Waals surface area contributed by atoms with Gasteiger partial charge in [-0.3, -0.25) is 0 Å². The number of hydrogen-bond acceptors (Lipinski definition) is 5. The molecule has 4 nitrogen and oxygen atoms in total. The first-order chi connectivity index (χ1) is 7.25. The highest BCUT2D eigenvalue weighted by molar-refractivity contribution is 9.10. The van der Waals surface area contributed by atoms with Gasteiger partial charge in [-0.15, -0.1) is 5.10 Å². The van der Waals surface area contributed by atoms with Crippen molar-refractivity contribution >= 4 is 33.3 Å². The molecule has 0 fully saturated rings. The molecule has 0 aromatic carbocycles. The van der Waals surface area contributed by atoms with Crippen LogP contribution in [0.25, 0.3) is 0 Å². The normalized spacial score (nSPS) is 10.3. The Hall–Kier alpha value is -1.01. The zero-order valence-electron chi connectivity index (χ0n) is 8.07. The van der Waals surface area contributed by atoms with E-state index in [9.17, 15) is 0 Å². The lowest BCUT2D eigenvalue weighted by Crippen LogP contribution is -2.01. The first-order valence-corrected chi connectivity index (χ1v) is 5.94. The Kier molecular flexibility index (Phi) is 3.27. The number of aromatic nitrogens is 3. The Morgan fingerprint density at radius 2 is 2.33 bits per heavy atom. The Morgan fingerprint density at radius 1 is 1.47 bits per heavy atom. The fourth-order valence-electron chi connectivity index (χ4n) is 1.16. The van der Waals surface area contributed by atoms with Gasteiger partial charge in [0.1, 0.15) is 5.82 Å². The van der Waals surface area contributed by atoms with Gasteiger partial charge in [0.25, 0.3) is 0 Å². The van der Waals surface area contributed by atoms with Crippen molar-refractivity contribution in [1.29, 1.82) is 0 Å². The molecule has 2 rings (SSSR count). The second kappa shape index (κ2) is 4.67. The van der Waals surface area contributed by atoms with Gasteiger partial charge in [0.15, 0.2) is 0 Å². The summed E-state index contributed by atoms with van der Waals surface area (Å²) in [5.41, 5.74) is 1.11. The van der Waals surface area contributed by atoms with Crippen LogP contribution < -0.4 is 5.32 Å². The molecule has 0 amide bonds. The van der Waals surface area contributed by atoms with Gasteiger partial charge in [-0.05, 0) is 46.0 Å². The summed E-state index contributed by atoms with van der Waals surface area (Å²) >= 11 is 4.77. The molecule has 0 unspecified atom stereocenters. The molecule has 2 heterocycles. The van der Waals surface area contributed by atoms with E-state index in [0.717, 1.165) is 20.7 Å². The minimum absolute atomic E-state index is 0.715. The number of aryl methyl sites for hydroxylation is 1. The summed E-state index contributed by atoms with van der Waals surface area (Å²) in [6.45, 7) is 2.73. The van der Waals surface area contributed by atoms with E-state index in [-0.39, 0.29) is 0 Å². The van der Waals surface area contributed by atoms with Gasteiger partial charge in [0.05, 0.1) is 17.6 Å². The summed E-state index contributed by atoms with van der Waals surface area (Å²) < 4.78 is 4.79. The Balaban J connectivity index is 2.05. The fraction of sp³-hybridized carbons (Fsp3) is 0.222. The first kappa shape index (κ1) is 10.5. The Labute approximate surface area is 100 Å². The molecule has 2 aromatic rings. The quantitative estimate of drug-likeness (QED) is 0.941. The smallest absolute Gasteiger partial charge is 0.129 e. The summed E-state index contributed by atoms with van der Waals surface area (Å²) in [7, 11) is 0. The third-order valence-corrected chi connectivity index (χ3v) is 2.98. The highest BCUT2D eigenvalue weighted by Crippen LogP contribution is 2.17. The minimum Gasteiger partial charge on any atom is -0.365 e. The van der Waals surface area contributed by atoms with Crippen LogP contribution >= 0.6 is 27.5 Å². The molecule has 0 saturated heterocycles. The number of hydrogen-bond donors (Lipinski definition) is 1. The van der Waals surface area contributed by atoms with Gasteiger partial charge in [0, 0.05) is 10.7 Å². The molecule has 0 aliphatic heterocycles. The van der Waals surface area contributed by atoms with Crippen LogP contribution in [0.2, 0.25) is 0 Å². The van der Waals surface area contributed by atoms with E-state index in [0.29, 0.717) is 6.54 Å². The van der Waals surface area contributed by atoms with E-state index in [1.807, 2.05) is 13.0 Å². The SMILES string of the molecule is Cc1cc(Br)cnc1NCc1cnns1. The molecular formula is C9H9BrN4S. The summed E-state index contributed by atoms with van der Waals surface area (Å²) in [5.74, 6) is 0.895. The molecule has 0 aliphatic rings. The number of nitrogens with one attached hydrogen (secondary N) is 1. The predicted molar refractivity (Wildman–Crippen MR) is 63.9 cm³/mol. The van der Waals surface area contributed by atoms with E-state index in [4.69, 9.17) is 0 Å². The van der Waals surface area contributed by atoms with Gasteiger partial charge in [0.2, 0.25) is 0 Å². The molecule has 78 valence electrons. The van der Waals surface area contributed by atoms with Gasteiger partial charge in [-0.2, -0.15) is 0 Å². The lowest BCUT2D eigenvalue weighted by atomic mass is 10.3. The average molecular weight is 285 g/mol. The van der Waals surface area contributed by atoms with E-state index in [1.54, 1.807) is 12.4 Å². The van der Waals surface area contributed by atoms with E-state index in [2.05, 4.69) is 35.8 Å². The Bertz CT molecular complexity index is 443. The molecule has 2 aromatic heterocycles. The number of rotatable bonds is 3. The van der Waals surface area contributed by atoms with Crippen LogP contribution in [-0.2, 0) is 6.54 Å². The second-order valence-corrected chi connectivity index (χ2v) is 4.84. The molecule has 0 spiro atoms. The van der Waals surface area contributed by atoms with E-state index in [1.165, 1.54) is 11.5 Å². The van der Waals surface area contributed by atoms with Crippen molar-refractivity contribution in [2.45, 2.75) is 13.5 Å². The predicted octanol–water partition coefficient (Wildman–Crippen LogP) is 2.62. The molecule has 0 atom stereocenters. The maximum absolute atomic E-state index is 4.28. The van der Waals surface area contributed by atoms with E-state index < -0.39 is 0 Å². The van der Waals surface area contributed by atoms with Crippen molar-refractivity contribution in [3.63, 3.8) is 0 Å². The fourth-order valence-corrected chi connectivity index (χ4v) is 2.04. The molecule has 0 aliphatic carbocycles. The minimum atomic E-state index is 0.715. The standard InChI is InChI=1S/C9H9BrN4S/c1-6-2-7(10)3-11-9(6)12-4-8-5-13-14-15-8/h2-3,5H,4H2,1H3,(H,11,12). The zero-order chi connectivity index (χ0) is 10.7. The van der Waals surface area contributed by atoms with Gasteiger partial charge >= 0.3 is 0 Å². The van der Waals surface area contributed by atoms with Crippen molar-refractivity contribution in [2.75, 3.05) is 5.32 Å². The van der Waals surface area contributed by atoms with Gasteiger partial charge in [-0.1, -0.05) is 4.49 Å². The second-order valence-electron chi connectivity index (χ2n) is 3.06. The van der Waals surface area contributed by atoms with Crippen molar-refractivity contribution in [2.24, 2.45) is 0 Å².